The van der Waals surface area contributed by atoms with E-state index in [1.807, 2.05) is 41.3 Å². The summed E-state index contributed by atoms with van der Waals surface area (Å²) in [6.07, 6.45) is 2.32. The van der Waals surface area contributed by atoms with Crippen molar-refractivity contribution in [3.63, 3.8) is 0 Å². The number of thioether (sulfide) groups is 1. The first-order valence-electron chi connectivity index (χ1n) is 10.6. The second kappa shape index (κ2) is 8.93. The minimum absolute atomic E-state index is 0.145. The molecule has 1 aliphatic carbocycles. The first kappa shape index (κ1) is 20.4. The number of anilines is 1. The van der Waals surface area contributed by atoms with Crippen molar-refractivity contribution in [1.29, 1.82) is 0 Å². The van der Waals surface area contributed by atoms with Crippen LogP contribution in [0.2, 0.25) is 5.02 Å². The Morgan fingerprint density at radius 2 is 1.71 bits per heavy atom. The molecule has 1 aliphatic heterocycles. The standard InChI is InChI=1S/C23H24ClN5OS/c24-18-5-4-8-20(15-18)27-11-13-28(14-12-27)21(30)16-31-23-26-25-22(17-9-10-17)29(23)19-6-2-1-3-7-19/h1-8,15,17H,9-14,16H2. The molecule has 0 atom stereocenters. The molecule has 0 unspecified atom stereocenters. The first-order chi connectivity index (χ1) is 15.2. The molecule has 2 fully saturated rings. The Kier molecular flexibility index (Phi) is 5.87. The van der Waals surface area contributed by atoms with Gasteiger partial charge in [-0.1, -0.05) is 47.6 Å². The molecule has 0 spiro atoms. The highest BCUT2D eigenvalue weighted by Crippen LogP contribution is 2.41. The van der Waals surface area contributed by atoms with Gasteiger partial charge in [-0.05, 0) is 43.2 Å². The van der Waals surface area contributed by atoms with Gasteiger partial charge in [0.1, 0.15) is 5.82 Å². The predicted molar refractivity (Wildman–Crippen MR) is 124 cm³/mol. The number of carbonyl (C=O) groups excluding carboxylic acids is 1. The number of carbonyl (C=O) groups is 1. The SMILES string of the molecule is O=C(CSc1nnc(C2CC2)n1-c1ccccc1)N1CCN(c2cccc(Cl)c2)CC1. The summed E-state index contributed by atoms with van der Waals surface area (Å²) in [6.45, 7) is 3.04. The Labute approximate surface area is 191 Å². The second-order valence-electron chi connectivity index (χ2n) is 7.92. The van der Waals surface area contributed by atoms with Gasteiger partial charge in [-0.3, -0.25) is 9.36 Å². The van der Waals surface area contributed by atoms with Crippen LogP contribution in [-0.4, -0.2) is 57.5 Å². The summed E-state index contributed by atoms with van der Waals surface area (Å²) >= 11 is 7.59. The van der Waals surface area contributed by atoms with Gasteiger partial charge >= 0.3 is 0 Å². The molecular weight excluding hydrogens is 430 g/mol. The van der Waals surface area contributed by atoms with Gasteiger partial charge in [0.25, 0.3) is 0 Å². The zero-order chi connectivity index (χ0) is 21.2. The monoisotopic (exact) mass is 453 g/mol. The molecule has 2 aliphatic rings. The van der Waals surface area contributed by atoms with Crippen LogP contribution < -0.4 is 4.90 Å². The number of amides is 1. The molecule has 0 radical (unpaired) electrons. The van der Waals surface area contributed by atoms with E-state index in [0.717, 1.165) is 53.3 Å². The summed E-state index contributed by atoms with van der Waals surface area (Å²) in [7, 11) is 0. The fourth-order valence-electron chi connectivity index (χ4n) is 3.90. The average molecular weight is 454 g/mol. The van der Waals surface area contributed by atoms with Gasteiger partial charge in [0, 0.05) is 48.5 Å². The topological polar surface area (TPSA) is 54.3 Å². The Bertz CT molecular complexity index is 1060. The van der Waals surface area contributed by atoms with E-state index in [1.165, 1.54) is 11.8 Å². The number of hydrogen-bond acceptors (Lipinski definition) is 5. The van der Waals surface area contributed by atoms with Crippen molar-refractivity contribution in [2.24, 2.45) is 0 Å². The second-order valence-corrected chi connectivity index (χ2v) is 9.30. The quantitative estimate of drug-likeness (QED) is 0.522. The van der Waals surface area contributed by atoms with Crippen LogP contribution in [0.4, 0.5) is 5.69 Å². The molecular formula is C23H24ClN5OS. The van der Waals surface area contributed by atoms with E-state index in [2.05, 4.69) is 37.9 Å². The fraction of sp³-hybridized carbons (Fsp3) is 0.348. The lowest BCUT2D eigenvalue weighted by molar-refractivity contribution is -0.128. The number of piperazine rings is 1. The molecule has 2 aromatic carbocycles. The third-order valence-corrected chi connectivity index (χ3v) is 6.89. The van der Waals surface area contributed by atoms with Crippen LogP contribution >= 0.6 is 23.4 Å². The minimum Gasteiger partial charge on any atom is -0.368 e. The zero-order valence-electron chi connectivity index (χ0n) is 17.2. The molecule has 6 nitrogen and oxygen atoms in total. The van der Waals surface area contributed by atoms with E-state index < -0.39 is 0 Å². The highest BCUT2D eigenvalue weighted by molar-refractivity contribution is 7.99. The van der Waals surface area contributed by atoms with Gasteiger partial charge < -0.3 is 9.80 Å². The number of rotatable bonds is 6. The third-order valence-electron chi connectivity index (χ3n) is 5.75. The lowest BCUT2D eigenvalue weighted by Crippen LogP contribution is -2.49. The van der Waals surface area contributed by atoms with Crippen LogP contribution in [0, 0.1) is 0 Å². The Morgan fingerprint density at radius 1 is 0.968 bits per heavy atom. The smallest absolute Gasteiger partial charge is 0.233 e. The molecule has 1 aromatic heterocycles. The number of aromatic nitrogens is 3. The van der Waals surface area contributed by atoms with E-state index in [1.54, 1.807) is 0 Å². The number of benzene rings is 2. The van der Waals surface area contributed by atoms with Gasteiger partial charge in [0.05, 0.1) is 5.75 Å². The summed E-state index contributed by atoms with van der Waals surface area (Å²) < 4.78 is 2.12. The van der Waals surface area contributed by atoms with Crippen molar-refractivity contribution >= 4 is 35.0 Å². The molecule has 1 amide bonds. The Balaban J connectivity index is 1.22. The summed E-state index contributed by atoms with van der Waals surface area (Å²) in [4.78, 5) is 17.1. The van der Waals surface area contributed by atoms with Crippen molar-refractivity contribution in [2.75, 3.05) is 36.8 Å². The van der Waals surface area contributed by atoms with Gasteiger partial charge in [-0.25, -0.2) is 0 Å². The average Bonchev–Trinajstić information content (AvgIpc) is 3.57. The molecule has 0 N–H and O–H groups in total. The van der Waals surface area contributed by atoms with E-state index in [-0.39, 0.29) is 5.91 Å². The molecule has 3 aromatic rings. The fourth-order valence-corrected chi connectivity index (χ4v) is 4.95. The third kappa shape index (κ3) is 4.57. The maximum absolute atomic E-state index is 12.9. The zero-order valence-corrected chi connectivity index (χ0v) is 18.7. The van der Waals surface area contributed by atoms with Crippen LogP contribution in [0.3, 0.4) is 0 Å². The molecule has 160 valence electrons. The maximum atomic E-state index is 12.9. The summed E-state index contributed by atoms with van der Waals surface area (Å²) in [5.41, 5.74) is 2.16. The highest BCUT2D eigenvalue weighted by Gasteiger charge is 2.31. The van der Waals surface area contributed by atoms with Crippen LogP contribution in [0.5, 0.6) is 0 Å². The number of hydrogen-bond donors (Lipinski definition) is 0. The largest absolute Gasteiger partial charge is 0.368 e. The van der Waals surface area contributed by atoms with Gasteiger partial charge in [0.15, 0.2) is 5.16 Å². The van der Waals surface area contributed by atoms with Crippen molar-refractivity contribution < 1.29 is 4.79 Å². The Hall–Kier alpha value is -2.51. The summed E-state index contributed by atoms with van der Waals surface area (Å²) in [5.74, 6) is 2.01. The number of para-hydroxylation sites is 1. The van der Waals surface area contributed by atoms with Gasteiger partial charge in [-0.2, -0.15) is 0 Å². The summed E-state index contributed by atoms with van der Waals surface area (Å²) in [5, 5.41) is 10.4. The van der Waals surface area contributed by atoms with E-state index in [4.69, 9.17) is 11.6 Å². The lowest BCUT2D eigenvalue weighted by atomic mass is 10.2. The molecule has 5 rings (SSSR count). The van der Waals surface area contributed by atoms with Gasteiger partial charge in [-0.15, -0.1) is 10.2 Å². The van der Waals surface area contributed by atoms with Crippen molar-refractivity contribution in [3.05, 3.63) is 65.4 Å². The highest BCUT2D eigenvalue weighted by atomic mass is 35.5. The van der Waals surface area contributed by atoms with Crippen molar-refractivity contribution in [2.45, 2.75) is 23.9 Å². The number of halogens is 1. The maximum Gasteiger partial charge on any atom is 0.233 e. The first-order valence-corrected chi connectivity index (χ1v) is 12.0. The van der Waals surface area contributed by atoms with Crippen molar-refractivity contribution in [1.82, 2.24) is 19.7 Å². The van der Waals surface area contributed by atoms with Crippen LogP contribution in [0.15, 0.2) is 59.8 Å². The van der Waals surface area contributed by atoms with Crippen LogP contribution in [-0.2, 0) is 4.79 Å². The van der Waals surface area contributed by atoms with Crippen LogP contribution in [0.25, 0.3) is 5.69 Å². The van der Waals surface area contributed by atoms with E-state index in [9.17, 15) is 4.79 Å². The predicted octanol–water partition coefficient (Wildman–Crippen LogP) is 4.24. The molecule has 31 heavy (non-hydrogen) atoms. The van der Waals surface area contributed by atoms with E-state index in [0.29, 0.717) is 24.8 Å². The van der Waals surface area contributed by atoms with Crippen molar-refractivity contribution in [3.8, 4) is 5.69 Å². The molecule has 0 bridgehead atoms. The molecule has 8 heteroatoms. The van der Waals surface area contributed by atoms with Gasteiger partial charge in [0.2, 0.25) is 5.91 Å². The minimum atomic E-state index is 0.145. The Morgan fingerprint density at radius 3 is 2.42 bits per heavy atom. The normalized spacial score (nSPS) is 16.5. The molecule has 1 saturated heterocycles. The van der Waals surface area contributed by atoms with Crippen LogP contribution in [0.1, 0.15) is 24.6 Å². The molecule has 2 heterocycles. The molecule has 1 saturated carbocycles. The number of nitrogens with zero attached hydrogens (tertiary/aromatic N) is 5. The summed E-state index contributed by atoms with van der Waals surface area (Å²) in [6, 6.07) is 18.1. The van der Waals surface area contributed by atoms with E-state index >= 15 is 0 Å². The lowest BCUT2D eigenvalue weighted by Gasteiger charge is -2.36.